The zero-order chi connectivity index (χ0) is 15.8. The van der Waals surface area contributed by atoms with Crippen LogP contribution < -0.4 is 5.32 Å². The second-order valence-corrected chi connectivity index (χ2v) is 7.62. The average molecular weight is 629 g/mol. The van der Waals surface area contributed by atoms with Crippen molar-refractivity contribution >= 4 is 73.7 Å². The van der Waals surface area contributed by atoms with Gasteiger partial charge < -0.3 is 14.8 Å². The number of hydrogen-bond donors (Lipinski definition) is 1. The van der Waals surface area contributed by atoms with Crippen molar-refractivity contribution < 1.29 is 14.3 Å². The van der Waals surface area contributed by atoms with Crippen molar-refractivity contribution in [2.45, 2.75) is 26.6 Å². The molecule has 118 valence electrons. The maximum absolute atomic E-state index is 12.3. The van der Waals surface area contributed by atoms with Crippen LogP contribution in [0.2, 0.25) is 0 Å². The second-order valence-electron chi connectivity index (χ2n) is 4.13. The topological polar surface area (TPSA) is 47.6 Å². The summed E-state index contributed by atoms with van der Waals surface area (Å²) in [4.78, 5) is 12.3. The monoisotopic (exact) mass is 629 g/mol. The standard InChI is InChI=1S/C14H18I3NO3/c1-3-20-12(21-4-2)5-6-18-14(19)10-7-9(15)8-11(16)13(10)17/h7-8,12H,3-6H2,1-2H3,(H,18,19). The van der Waals surface area contributed by atoms with Gasteiger partial charge in [0, 0.05) is 36.9 Å². The molecule has 0 aliphatic carbocycles. The van der Waals surface area contributed by atoms with Crippen LogP contribution in [0.3, 0.4) is 0 Å². The number of halogens is 3. The second kappa shape index (κ2) is 10.6. The molecule has 4 nitrogen and oxygen atoms in total. The molecule has 0 aliphatic heterocycles. The highest BCUT2D eigenvalue weighted by molar-refractivity contribution is 14.1. The van der Waals surface area contributed by atoms with Crippen molar-refractivity contribution in [2.75, 3.05) is 19.8 Å². The van der Waals surface area contributed by atoms with Gasteiger partial charge in [0.05, 0.1) is 5.56 Å². The summed E-state index contributed by atoms with van der Waals surface area (Å²) >= 11 is 6.68. The van der Waals surface area contributed by atoms with E-state index >= 15 is 0 Å². The van der Waals surface area contributed by atoms with Crippen molar-refractivity contribution in [3.05, 3.63) is 28.4 Å². The molecule has 0 fully saturated rings. The number of ether oxygens (including phenoxy) is 2. The number of carbonyl (C=O) groups is 1. The van der Waals surface area contributed by atoms with Crippen LogP contribution in [0.25, 0.3) is 0 Å². The van der Waals surface area contributed by atoms with E-state index in [9.17, 15) is 4.79 Å². The fourth-order valence-electron chi connectivity index (χ4n) is 1.71. The molecule has 1 N–H and O–H groups in total. The lowest BCUT2D eigenvalue weighted by Gasteiger charge is -2.17. The Morgan fingerprint density at radius 1 is 1.19 bits per heavy atom. The van der Waals surface area contributed by atoms with Crippen LogP contribution in [-0.4, -0.2) is 32.0 Å². The van der Waals surface area contributed by atoms with Crippen LogP contribution in [0.4, 0.5) is 0 Å². The first kappa shape index (κ1) is 19.8. The highest BCUT2D eigenvalue weighted by atomic mass is 127. The van der Waals surface area contributed by atoms with Gasteiger partial charge in [-0.05, 0) is 93.8 Å². The summed E-state index contributed by atoms with van der Waals surface area (Å²) in [7, 11) is 0. The summed E-state index contributed by atoms with van der Waals surface area (Å²) in [5.74, 6) is -0.0532. The third-order valence-electron chi connectivity index (χ3n) is 2.61. The number of hydrogen-bond acceptors (Lipinski definition) is 3. The Labute approximate surface area is 166 Å². The van der Waals surface area contributed by atoms with E-state index in [1.807, 2.05) is 19.9 Å². The van der Waals surface area contributed by atoms with Gasteiger partial charge in [-0.2, -0.15) is 0 Å². The van der Waals surface area contributed by atoms with Crippen molar-refractivity contribution in [3.63, 3.8) is 0 Å². The third kappa shape index (κ3) is 6.83. The lowest BCUT2D eigenvalue weighted by molar-refractivity contribution is -0.138. The molecule has 0 radical (unpaired) electrons. The van der Waals surface area contributed by atoms with Crippen LogP contribution in [0.1, 0.15) is 30.6 Å². The molecule has 0 spiro atoms. The van der Waals surface area contributed by atoms with E-state index in [2.05, 4.69) is 79.2 Å². The number of amides is 1. The van der Waals surface area contributed by atoms with Gasteiger partial charge in [-0.15, -0.1) is 0 Å². The van der Waals surface area contributed by atoms with Crippen LogP contribution in [-0.2, 0) is 9.47 Å². The number of benzene rings is 1. The first-order chi connectivity index (χ1) is 9.99. The van der Waals surface area contributed by atoms with E-state index < -0.39 is 0 Å². The molecule has 0 aromatic heterocycles. The first-order valence-electron chi connectivity index (χ1n) is 6.65. The van der Waals surface area contributed by atoms with E-state index in [4.69, 9.17) is 9.47 Å². The molecule has 0 unspecified atom stereocenters. The maximum Gasteiger partial charge on any atom is 0.252 e. The SMILES string of the molecule is CCOC(CCNC(=O)c1cc(I)cc(I)c1I)OCC. The normalized spacial score (nSPS) is 11.0. The number of rotatable bonds is 8. The van der Waals surface area contributed by atoms with Crippen molar-refractivity contribution in [2.24, 2.45) is 0 Å². The smallest absolute Gasteiger partial charge is 0.252 e. The molecule has 0 bridgehead atoms. The van der Waals surface area contributed by atoms with Gasteiger partial charge >= 0.3 is 0 Å². The average Bonchev–Trinajstić information content (AvgIpc) is 2.43. The predicted octanol–water partition coefficient (Wildman–Crippen LogP) is 4.02. The predicted molar refractivity (Wildman–Crippen MR) is 109 cm³/mol. The Balaban J connectivity index is 2.58. The number of carbonyl (C=O) groups excluding carboxylic acids is 1. The van der Waals surface area contributed by atoms with Crippen LogP contribution >= 0.6 is 67.8 Å². The van der Waals surface area contributed by atoms with Crippen LogP contribution in [0, 0.1) is 10.7 Å². The largest absolute Gasteiger partial charge is 0.353 e. The molecular weight excluding hydrogens is 611 g/mol. The zero-order valence-electron chi connectivity index (χ0n) is 11.9. The third-order valence-corrected chi connectivity index (χ3v) is 6.28. The molecule has 7 heteroatoms. The molecule has 1 amide bonds. The molecule has 0 atom stereocenters. The lowest BCUT2D eigenvalue weighted by Crippen LogP contribution is -2.30. The molecule has 0 heterocycles. The molecule has 21 heavy (non-hydrogen) atoms. The zero-order valence-corrected chi connectivity index (χ0v) is 18.4. The summed E-state index contributed by atoms with van der Waals surface area (Å²) < 4.78 is 14.0. The molecule has 0 saturated heterocycles. The minimum absolute atomic E-state index is 0.0532. The summed E-state index contributed by atoms with van der Waals surface area (Å²) in [6.07, 6.45) is 0.390. The fourth-order valence-corrected chi connectivity index (χ4v) is 4.11. The quantitative estimate of drug-likeness (QED) is 0.269. The van der Waals surface area contributed by atoms with Gasteiger partial charge in [0.25, 0.3) is 5.91 Å². The van der Waals surface area contributed by atoms with Crippen molar-refractivity contribution in [1.82, 2.24) is 5.32 Å². The molecule has 1 rings (SSSR count). The van der Waals surface area contributed by atoms with E-state index in [1.165, 1.54) is 0 Å². The van der Waals surface area contributed by atoms with Gasteiger partial charge in [0.15, 0.2) is 6.29 Å². The van der Waals surface area contributed by atoms with Crippen molar-refractivity contribution in [3.8, 4) is 0 Å². The van der Waals surface area contributed by atoms with E-state index in [0.717, 1.165) is 16.3 Å². The van der Waals surface area contributed by atoms with E-state index in [1.54, 1.807) is 0 Å². The molecule has 0 aliphatic rings. The summed E-state index contributed by atoms with van der Waals surface area (Å²) in [6, 6.07) is 3.96. The van der Waals surface area contributed by atoms with Gasteiger partial charge in [-0.1, -0.05) is 0 Å². The Kier molecular flexibility index (Phi) is 9.97. The van der Waals surface area contributed by atoms with E-state index in [0.29, 0.717) is 26.2 Å². The van der Waals surface area contributed by atoms with Crippen molar-refractivity contribution in [1.29, 1.82) is 0 Å². The molecular formula is C14H18I3NO3. The van der Waals surface area contributed by atoms with Gasteiger partial charge in [-0.25, -0.2) is 0 Å². The molecule has 0 saturated carbocycles. The minimum Gasteiger partial charge on any atom is -0.353 e. The Morgan fingerprint density at radius 3 is 2.38 bits per heavy atom. The van der Waals surface area contributed by atoms with Gasteiger partial charge in [-0.3, -0.25) is 4.79 Å². The lowest BCUT2D eigenvalue weighted by atomic mass is 10.2. The van der Waals surface area contributed by atoms with Crippen LogP contribution in [0.15, 0.2) is 12.1 Å². The Bertz CT molecular complexity index is 477. The first-order valence-corrected chi connectivity index (χ1v) is 9.89. The highest BCUT2D eigenvalue weighted by Gasteiger charge is 2.14. The van der Waals surface area contributed by atoms with E-state index in [-0.39, 0.29) is 12.2 Å². The Hall–Kier alpha value is 0.800. The molecule has 1 aromatic carbocycles. The minimum atomic E-state index is -0.254. The fraction of sp³-hybridized carbons (Fsp3) is 0.500. The molecule has 1 aromatic rings. The van der Waals surface area contributed by atoms with Gasteiger partial charge in [0.2, 0.25) is 0 Å². The number of nitrogens with one attached hydrogen (secondary N) is 1. The van der Waals surface area contributed by atoms with Gasteiger partial charge in [0.1, 0.15) is 0 Å². The van der Waals surface area contributed by atoms with Crippen LogP contribution in [0.5, 0.6) is 0 Å². The summed E-state index contributed by atoms with van der Waals surface area (Å²) in [6.45, 7) is 5.60. The summed E-state index contributed by atoms with van der Waals surface area (Å²) in [5.41, 5.74) is 0.719. The Morgan fingerprint density at radius 2 is 1.81 bits per heavy atom. The summed E-state index contributed by atoms with van der Waals surface area (Å²) in [5, 5.41) is 2.93. The highest BCUT2D eigenvalue weighted by Crippen LogP contribution is 2.22. The maximum atomic E-state index is 12.3.